The molecule has 2 bridgehead atoms. The zero-order chi connectivity index (χ0) is 33.4. The Hall–Kier alpha value is -1.65. The van der Waals surface area contributed by atoms with E-state index < -0.39 is 39.9 Å². The molecule has 1 saturated heterocycles. The van der Waals surface area contributed by atoms with E-state index in [0.717, 1.165) is 44.9 Å². The predicted molar refractivity (Wildman–Crippen MR) is 177 cm³/mol. The second kappa shape index (κ2) is 12.0. The number of nitrogens with zero attached hydrogens (tertiary/aromatic N) is 1. The van der Waals surface area contributed by atoms with Crippen LogP contribution in [0.3, 0.4) is 0 Å². The lowest BCUT2D eigenvalue weighted by Crippen LogP contribution is -2.67. The third-order valence-corrected chi connectivity index (χ3v) is 14.4. The van der Waals surface area contributed by atoms with Crippen LogP contribution in [0.2, 0.25) is 5.02 Å². The lowest BCUT2D eigenvalue weighted by molar-refractivity contribution is -0.180. The number of aliphatic hydroxyl groups is 4. The first-order chi connectivity index (χ1) is 22.3. The van der Waals surface area contributed by atoms with Gasteiger partial charge in [-0.3, -0.25) is 9.69 Å². The van der Waals surface area contributed by atoms with Gasteiger partial charge in [0.1, 0.15) is 5.82 Å². The van der Waals surface area contributed by atoms with Crippen LogP contribution in [-0.2, 0) is 16.0 Å². The van der Waals surface area contributed by atoms with E-state index >= 15 is 4.39 Å². The summed E-state index contributed by atoms with van der Waals surface area (Å²) < 4.78 is 21.0. The van der Waals surface area contributed by atoms with E-state index in [1.807, 2.05) is 0 Å². The lowest BCUT2D eigenvalue weighted by atomic mass is 9.32. The molecule has 4 N–H and O–H groups in total. The predicted octanol–water partition coefficient (Wildman–Crippen LogP) is 5.02. The molecule has 10 atom stereocenters. The molecule has 1 aromatic carbocycles. The second-order valence-electron chi connectivity index (χ2n) is 16.3. The first kappa shape index (κ1) is 33.8. The van der Waals surface area contributed by atoms with Gasteiger partial charge in [-0.25, -0.2) is 4.39 Å². The van der Waals surface area contributed by atoms with Crippen LogP contribution in [0.25, 0.3) is 0 Å². The molecule has 9 heteroatoms. The number of carbonyl (C=O) groups is 1. The van der Waals surface area contributed by atoms with E-state index in [-0.39, 0.29) is 59.3 Å². The number of ether oxygens (including phenoxy) is 1. The van der Waals surface area contributed by atoms with E-state index in [2.05, 4.69) is 37.0 Å². The first-order valence-corrected chi connectivity index (χ1v) is 18.1. The van der Waals surface area contributed by atoms with Gasteiger partial charge in [0.2, 0.25) is 0 Å². The van der Waals surface area contributed by atoms with E-state index in [0.29, 0.717) is 38.1 Å². The van der Waals surface area contributed by atoms with Gasteiger partial charge >= 0.3 is 0 Å². The molecule has 4 fully saturated rings. The number of Topliss-reactive ketones (excluding diaryl/α,β-unsaturated/α-hetero) is 1. The summed E-state index contributed by atoms with van der Waals surface area (Å²) in [6.45, 7) is 6.04. The van der Waals surface area contributed by atoms with Gasteiger partial charge in [0.15, 0.2) is 5.78 Å². The van der Waals surface area contributed by atoms with Crippen LogP contribution in [0.1, 0.15) is 77.2 Å². The molecular formula is C38H51ClFNO6. The molecule has 0 aromatic heterocycles. The topological polar surface area (TPSA) is 110 Å². The molecule has 1 heterocycles. The summed E-state index contributed by atoms with van der Waals surface area (Å²) in [7, 11) is 0. The Labute approximate surface area is 282 Å². The minimum absolute atomic E-state index is 0.0236. The Bertz CT molecular complexity index is 1440. The average molecular weight is 672 g/mol. The molecule has 3 saturated carbocycles. The summed E-state index contributed by atoms with van der Waals surface area (Å²) in [6, 6.07) is 4.51. The third-order valence-electron chi connectivity index (χ3n) is 14.1. The summed E-state index contributed by atoms with van der Waals surface area (Å²) in [5.74, 6) is -0.547. The monoisotopic (exact) mass is 671 g/mol. The van der Waals surface area contributed by atoms with Crippen molar-refractivity contribution in [3.63, 3.8) is 0 Å². The van der Waals surface area contributed by atoms with Gasteiger partial charge in [0.05, 0.1) is 30.5 Å². The van der Waals surface area contributed by atoms with Gasteiger partial charge in [-0.15, -0.1) is 0 Å². The number of benzene rings is 1. The normalized spacial score (nSPS) is 42.6. The molecule has 0 amide bonds. The standard InChI is InChI=1S/C38H51ClFNO6/c1-34-11-8-24(43)18-36(34)14-15-38(28(19-36)31(45)17-27-29(39)6-3-7-30(27)40)32(34)9-12-35(2)33(38)10-13-37(35,46)23-41(20-25(44)22-42)21-26-5-4-16-47-26/h3,6-7,14-15,19,24-26,32-33,42-44,46H,4-5,8-13,16-18,20-23H2,1-2H3/t24?,25-,26+,32+,33+,34+,35-,36-,37+,38+/m0/s1. The number of aliphatic hydroxyl groups excluding tert-OH is 3. The Morgan fingerprint density at radius 2 is 1.85 bits per heavy atom. The zero-order valence-electron chi connectivity index (χ0n) is 27.8. The number of fused-ring (bicyclic) bond motifs is 1. The fraction of sp³-hybridized carbons (Fsp3) is 0.711. The summed E-state index contributed by atoms with van der Waals surface area (Å²) in [5.41, 5.74) is -2.03. The van der Waals surface area contributed by atoms with E-state index in [9.17, 15) is 25.2 Å². The van der Waals surface area contributed by atoms with Crippen LogP contribution < -0.4 is 0 Å². The van der Waals surface area contributed by atoms with E-state index in [4.69, 9.17) is 16.3 Å². The molecule has 2 spiro atoms. The van der Waals surface area contributed by atoms with Crippen LogP contribution >= 0.6 is 11.6 Å². The maximum Gasteiger partial charge on any atom is 0.164 e. The highest BCUT2D eigenvalue weighted by atomic mass is 35.5. The van der Waals surface area contributed by atoms with E-state index in [1.54, 1.807) is 12.1 Å². The number of rotatable bonds is 10. The Morgan fingerprint density at radius 1 is 1.11 bits per heavy atom. The van der Waals surface area contributed by atoms with Crippen molar-refractivity contribution in [1.82, 2.24) is 4.90 Å². The highest BCUT2D eigenvalue weighted by Crippen LogP contribution is 2.78. The molecule has 8 rings (SSSR count). The molecule has 1 unspecified atom stereocenters. The van der Waals surface area contributed by atoms with Gasteiger partial charge < -0.3 is 25.2 Å². The first-order valence-electron chi connectivity index (χ1n) is 17.7. The maximum atomic E-state index is 15.1. The van der Waals surface area contributed by atoms with Gasteiger partial charge in [0.25, 0.3) is 0 Å². The zero-order valence-corrected chi connectivity index (χ0v) is 28.5. The lowest BCUT2D eigenvalue weighted by Gasteiger charge is -2.71. The van der Waals surface area contributed by atoms with Crippen molar-refractivity contribution in [2.45, 2.75) is 102 Å². The van der Waals surface area contributed by atoms with Gasteiger partial charge in [-0.1, -0.05) is 49.7 Å². The number of hydrogen-bond donors (Lipinski definition) is 4. The number of ketones is 1. The fourth-order valence-corrected chi connectivity index (χ4v) is 11.8. The summed E-state index contributed by atoms with van der Waals surface area (Å²) in [5, 5.41) is 44.2. The molecule has 258 valence electrons. The fourth-order valence-electron chi connectivity index (χ4n) is 11.6. The van der Waals surface area contributed by atoms with Crippen molar-refractivity contribution < 1.29 is 34.3 Å². The molecule has 7 aliphatic rings. The average Bonchev–Trinajstić information content (AvgIpc) is 3.64. The molecule has 1 aliphatic heterocycles. The molecule has 0 radical (unpaired) electrons. The molecule has 7 nitrogen and oxygen atoms in total. The summed E-state index contributed by atoms with van der Waals surface area (Å²) >= 11 is 6.44. The quantitative estimate of drug-likeness (QED) is 0.259. The minimum Gasteiger partial charge on any atom is -0.394 e. The van der Waals surface area contributed by atoms with Gasteiger partial charge in [-0.2, -0.15) is 0 Å². The van der Waals surface area contributed by atoms with E-state index in [1.165, 1.54) is 6.07 Å². The van der Waals surface area contributed by atoms with Gasteiger partial charge in [0, 0.05) is 65.1 Å². The molecule has 47 heavy (non-hydrogen) atoms. The van der Waals surface area contributed by atoms with Crippen molar-refractivity contribution in [2.75, 3.05) is 32.8 Å². The van der Waals surface area contributed by atoms with Crippen LogP contribution in [0.5, 0.6) is 0 Å². The summed E-state index contributed by atoms with van der Waals surface area (Å²) in [4.78, 5) is 16.7. The smallest absolute Gasteiger partial charge is 0.164 e. The minimum atomic E-state index is -1.10. The Balaban J connectivity index is 1.28. The Kier molecular flexibility index (Phi) is 8.63. The molecule has 1 aromatic rings. The van der Waals surface area contributed by atoms with Crippen molar-refractivity contribution in [2.24, 2.45) is 33.5 Å². The Morgan fingerprint density at radius 3 is 2.57 bits per heavy atom. The van der Waals surface area contributed by atoms with Crippen molar-refractivity contribution >= 4 is 17.4 Å². The van der Waals surface area contributed by atoms with Crippen LogP contribution in [0.15, 0.2) is 42.0 Å². The third kappa shape index (κ3) is 5.06. The van der Waals surface area contributed by atoms with Crippen LogP contribution in [-0.4, -0.2) is 87.9 Å². The maximum absolute atomic E-state index is 15.1. The summed E-state index contributed by atoms with van der Waals surface area (Å²) in [6.07, 6.45) is 12.1. The van der Waals surface area contributed by atoms with Crippen molar-refractivity contribution in [1.29, 1.82) is 0 Å². The number of hydrogen-bond acceptors (Lipinski definition) is 7. The molecular weight excluding hydrogens is 621 g/mol. The van der Waals surface area contributed by atoms with Crippen molar-refractivity contribution in [3.8, 4) is 0 Å². The van der Waals surface area contributed by atoms with Crippen LogP contribution in [0.4, 0.5) is 4.39 Å². The number of allylic oxidation sites excluding steroid dienone is 4. The SMILES string of the molecule is C[C@]12CC[C@H]3[C@]4(C=C[C@@]5(C=C4C(=O)Cc4c(F)cccc4Cl)CC(O)CC[C@]35C)[C@@H]1CC[C@@]2(O)CN(C[C@H](O)CO)C[C@H]1CCCO1. The van der Waals surface area contributed by atoms with Crippen molar-refractivity contribution in [3.05, 3.63) is 58.4 Å². The van der Waals surface area contributed by atoms with Crippen LogP contribution in [0, 0.1) is 39.3 Å². The largest absolute Gasteiger partial charge is 0.394 e. The highest BCUT2D eigenvalue weighted by molar-refractivity contribution is 6.31. The molecule has 6 aliphatic carbocycles. The highest BCUT2D eigenvalue weighted by Gasteiger charge is 2.74. The van der Waals surface area contributed by atoms with Gasteiger partial charge in [-0.05, 0) is 87.2 Å². The number of halogens is 2. The second-order valence-corrected chi connectivity index (χ2v) is 16.7. The number of carbonyl (C=O) groups excluding carboxylic acids is 1.